The number of benzene rings is 1. The predicted molar refractivity (Wildman–Crippen MR) is 80.2 cm³/mol. The van der Waals surface area contributed by atoms with Crippen molar-refractivity contribution in [1.82, 2.24) is 5.32 Å². The predicted octanol–water partition coefficient (Wildman–Crippen LogP) is 3.02. The number of carbonyl (C=O) groups excluding carboxylic acids is 1. The second kappa shape index (κ2) is 8.59. The normalized spacial score (nSPS) is 10.9. The number of nitrogens with one attached hydrogen (secondary N) is 1. The molecule has 0 saturated carbocycles. The largest absolute Gasteiger partial charge is 0.491 e. The van der Waals surface area contributed by atoms with Gasteiger partial charge in [0.05, 0.1) is 12.2 Å². The molecule has 1 aromatic rings. The van der Waals surface area contributed by atoms with E-state index in [9.17, 15) is 4.79 Å². The van der Waals surface area contributed by atoms with Crippen molar-refractivity contribution in [2.24, 2.45) is 0 Å². The van der Waals surface area contributed by atoms with Crippen molar-refractivity contribution in [2.75, 3.05) is 13.2 Å². The van der Waals surface area contributed by atoms with Gasteiger partial charge in [0, 0.05) is 18.7 Å². The smallest absolute Gasteiger partial charge is 0.251 e. The summed E-state index contributed by atoms with van der Waals surface area (Å²) in [6.45, 7) is 9.19. The molecule has 4 nitrogen and oxygen atoms in total. The highest BCUT2D eigenvalue weighted by atomic mass is 16.5. The van der Waals surface area contributed by atoms with E-state index in [1.165, 1.54) is 0 Å². The Balaban J connectivity index is 2.39. The van der Waals surface area contributed by atoms with Crippen molar-refractivity contribution < 1.29 is 14.3 Å². The zero-order chi connectivity index (χ0) is 15.0. The zero-order valence-corrected chi connectivity index (χ0v) is 12.8. The van der Waals surface area contributed by atoms with E-state index in [0.29, 0.717) is 18.7 Å². The van der Waals surface area contributed by atoms with Crippen molar-refractivity contribution >= 4 is 5.91 Å². The molecule has 0 heterocycles. The minimum absolute atomic E-state index is 0.0799. The molecule has 0 radical (unpaired) electrons. The van der Waals surface area contributed by atoms with Crippen LogP contribution in [0.2, 0.25) is 0 Å². The van der Waals surface area contributed by atoms with Crippen molar-refractivity contribution in [2.45, 2.75) is 46.3 Å². The summed E-state index contributed by atoms with van der Waals surface area (Å²) in [4.78, 5) is 12.0. The second-order valence-electron chi connectivity index (χ2n) is 5.22. The van der Waals surface area contributed by atoms with Gasteiger partial charge in [0.25, 0.3) is 5.91 Å². The minimum Gasteiger partial charge on any atom is -0.491 e. The SMILES string of the molecule is CC(C)OCCCNC(=O)c1cccc(OC(C)C)c1. The number of amides is 1. The summed E-state index contributed by atoms with van der Waals surface area (Å²) < 4.78 is 11.0. The molecule has 0 aliphatic heterocycles. The third kappa shape index (κ3) is 6.57. The molecule has 20 heavy (non-hydrogen) atoms. The highest BCUT2D eigenvalue weighted by molar-refractivity contribution is 5.94. The molecule has 112 valence electrons. The average molecular weight is 279 g/mol. The van der Waals surface area contributed by atoms with Gasteiger partial charge >= 0.3 is 0 Å². The number of hydrogen-bond acceptors (Lipinski definition) is 3. The van der Waals surface area contributed by atoms with Gasteiger partial charge in [0.1, 0.15) is 5.75 Å². The first-order valence-electron chi connectivity index (χ1n) is 7.15. The first-order chi connectivity index (χ1) is 9.49. The van der Waals surface area contributed by atoms with Crippen LogP contribution in [0.1, 0.15) is 44.5 Å². The molecule has 0 saturated heterocycles. The molecule has 0 bridgehead atoms. The Morgan fingerprint density at radius 3 is 2.60 bits per heavy atom. The van der Waals surface area contributed by atoms with Crippen LogP contribution in [0.15, 0.2) is 24.3 Å². The maximum absolute atomic E-state index is 12.0. The van der Waals surface area contributed by atoms with Crippen LogP contribution >= 0.6 is 0 Å². The molecule has 0 spiro atoms. The van der Waals surface area contributed by atoms with Crippen molar-refractivity contribution in [1.29, 1.82) is 0 Å². The lowest BCUT2D eigenvalue weighted by Crippen LogP contribution is -2.25. The van der Waals surface area contributed by atoms with Crippen LogP contribution < -0.4 is 10.1 Å². The molecule has 0 fully saturated rings. The summed E-state index contributed by atoms with van der Waals surface area (Å²) in [5.41, 5.74) is 0.618. The van der Waals surface area contributed by atoms with Crippen LogP contribution in [0, 0.1) is 0 Å². The van der Waals surface area contributed by atoms with E-state index in [2.05, 4.69) is 5.32 Å². The maximum Gasteiger partial charge on any atom is 0.251 e. The molecule has 1 amide bonds. The topological polar surface area (TPSA) is 47.6 Å². The summed E-state index contributed by atoms with van der Waals surface area (Å²) in [5, 5.41) is 2.88. The van der Waals surface area contributed by atoms with Gasteiger partial charge in [-0.1, -0.05) is 6.07 Å². The van der Waals surface area contributed by atoms with Crippen molar-refractivity contribution in [3.63, 3.8) is 0 Å². The molecule has 0 unspecified atom stereocenters. The number of hydrogen-bond donors (Lipinski definition) is 1. The van der Waals surface area contributed by atoms with E-state index in [1.807, 2.05) is 39.8 Å². The summed E-state index contributed by atoms with van der Waals surface area (Å²) in [6, 6.07) is 7.23. The fraction of sp³-hybridized carbons (Fsp3) is 0.562. The van der Waals surface area contributed by atoms with Gasteiger partial charge in [-0.2, -0.15) is 0 Å². The molecule has 1 aromatic carbocycles. The van der Waals surface area contributed by atoms with Gasteiger partial charge < -0.3 is 14.8 Å². The van der Waals surface area contributed by atoms with E-state index in [-0.39, 0.29) is 18.1 Å². The van der Waals surface area contributed by atoms with Gasteiger partial charge in [-0.05, 0) is 52.3 Å². The molecule has 0 aromatic heterocycles. The number of ether oxygens (including phenoxy) is 2. The molecule has 1 rings (SSSR count). The van der Waals surface area contributed by atoms with Crippen LogP contribution in [0.25, 0.3) is 0 Å². The summed E-state index contributed by atoms with van der Waals surface area (Å²) >= 11 is 0. The molecule has 0 atom stereocenters. The van der Waals surface area contributed by atoms with Crippen LogP contribution in [0.3, 0.4) is 0 Å². The van der Waals surface area contributed by atoms with Crippen molar-refractivity contribution in [3.8, 4) is 5.75 Å². The van der Waals surface area contributed by atoms with Crippen molar-refractivity contribution in [3.05, 3.63) is 29.8 Å². The lowest BCUT2D eigenvalue weighted by atomic mass is 10.2. The average Bonchev–Trinajstić information content (AvgIpc) is 2.37. The zero-order valence-electron chi connectivity index (χ0n) is 12.8. The van der Waals surface area contributed by atoms with Gasteiger partial charge in [-0.3, -0.25) is 4.79 Å². The van der Waals surface area contributed by atoms with E-state index in [4.69, 9.17) is 9.47 Å². The summed E-state index contributed by atoms with van der Waals surface area (Å²) in [5.74, 6) is 0.638. The summed E-state index contributed by atoms with van der Waals surface area (Å²) in [6.07, 6.45) is 1.14. The highest BCUT2D eigenvalue weighted by Crippen LogP contribution is 2.14. The Bertz CT molecular complexity index is 416. The van der Waals surface area contributed by atoms with E-state index in [1.54, 1.807) is 12.1 Å². The first kappa shape index (κ1) is 16.5. The number of rotatable bonds is 8. The quantitative estimate of drug-likeness (QED) is 0.744. The fourth-order valence-corrected chi connectivity index (χ4v) is 1.68. The van der Waals surface area contributed by atoms with Gasteiger partial charge in [-0.15, -0.1) is 0 Å². The fourth-order valence-electron chi connectivity index (χ4n) is 1.68. The molecule has 4 heteroatoms. The Kier molecular flexibility index (Phi) is 7.09. The Morgan fingerprint density at radius 2 is 1.95 bits per heavy atom. The Morgan fingerprint density at radius 1 is 1.20 bits per heavy atom. The van der Waals surface area contributed by atoms with E-state index >= 15 is 0 Å². The standard InChI is InChI=1S/C16H25NO3/c1-12(2)19-10-6-9-17-16(18)14-7-5-8-15(11-14)20-13(3)4/h5,7-8,11-13H,6,9-10H2,1-4H3,(H,17,18). The highest BCUT2D eigenvalue weighted by Gasteiger charge is 2.07. The lowest BCUT2D eigenvalue weighted by molar-refractivity contribution is 0.0757. The van der Waals surface area contributed by atoms with Crippen LogP contribution in [0.4, 0.5) is 0 Å². The maximum atomic E-state index is 12.0. The second-order valence-corrected chi connectivity index (χ2v) is 5.22. The van der Waals surface area contributed by atoms with E-state index < -0.39 is 0 Å². The van der Waals surface area contributed by atoms with Crippen LogP contribution in [0.5, 0.6) is 5.75 Å². The third-order valence-electron chi connectivity index (χ3n) is 2.53. The van der Waals surface area contributed by atoms with Gasteiger partial charge in [0.2, 0.25) is 0 Å². The Labute approximate surface area is 121 Å². The number of carbonyl (C=O) groups is 1. The molecular weight excluding hydrogens is 254 g/mol. The first-order valence-corrected chi connectivity index (χ1v) is 7.15. The minimum atomic E-state index is -0.0799. The van der Waals surface area contributed by atoms with E-state index in [0.717, 1.165) is 12.2 Å². The van der Waals surface area contributed by atoms with Gasteiger partial charge in [0.15, 0.2) is 0 Å². The van der Waals surface area contributed by atoms with Crippen LogP contribution in [-0.2, 0) is 4.74 Å². The molecule has 1 N–H and O–H groups in total. The molecule has 0 aliphatic rings. The molecular formula is C16H25NO3. The van der Waals surface area contributed by atoms with Crippen LogP contribution in [-0.4, -0.2) is 31.3 Å². The molecule has 0 aliphatic carbocycles. The monoisotopic (exact) mass is 279 g/mol. The third-order valence-corrected chi connectivity index (χ3v) is 2.53. The van der Waals surface area contributed by atoms with Gasteiger partial charge in [-0.25, -0.2) is 0 Å². The Hall–Kier alpha value is -1.55. The summed E-state index contributed by atoms with van der Waals surface area (Å²) in [7, 11) is 0. The lowest BCUT2D eigenvalue weighted by Gasteiger charge is -2.11.